The summed E-state index contributed by atoms with van der Waals surface area (Å²) in [5, 5.41) is 22.9. The Hall–Kier alpha value is -0.160. The number of piperidine rings is 1. The summed E-state index contributed by atoms with van der Waals surface area (Å²) in [4.78, 5) is 0. The van der Waals surface area contributed by atoms with E-state index >= 15 is 0 Å². The summed E-state index contributed by atoms with van der Waals surface area (Å²) in [7, 11) is 0. The zero-order valence-corrected chi connectivity index (χ0v) is 9.10. The quantitative estimate of drug-likeness (QED) is 0.497. The topological polar surface area (TPSA) is 78.5 Å². The predicted molar refractivity (Wildman–Crippen MR) is 58.3 cm³/mol. The van der Waals surface area contributed by atoms with Crippen LogP contribution in [0.3, 0.4) is 0 Å². The highest BCUT2D eigenvalue weighted by atomic mass is 16.3. The highest BCUT2D eigenvalue weighted by molar-refractivity contribution is 4.95. The van der Waals surface area contributed by atoms with Gasteiger partial charge in [-0.1, -0.05) is 0 Å². The molecule has 0 aromatic heterocycles. The van der Waals surface area contributed by atoms with Gasteiger partial charge in [-0.25, -0.2) is 0 Å². The molecule has 15 heavy (non-hydrogen) atoms. The second kappa shape index (κ2) is 4.78. The Morgan fingerprint density at radius 3 is 2.80 bits per heavy atom. The van der Waals surface area contributed by atoms with Crippen molar-refractivity contribution in [2.45, 2.75) is 43.9 Å². The first-order valence-corrected chi connectivity index (χ1v) is 6.02. The van der Waals surface area contributed by atoms with Gasteiger partial charge in [-0.05, 0) is 38.1 Å². The lowest BCUT2D eigenvalue weighted by Gasteiger charge is -2.44. The summed E-state index contributed by atoms with van der Waals surface area (Å²) in [6.45, 7) is 1.26. The first-order valence-electron chi connectivity index (χ1n) is 6.02. The van der Waals surface area contributed by atoms with Crippen LogP contribution in [0.25, 0.3) is 0 Å². The van der Waals surface area contributed by atoms with E-state index in [0.717, 1.165) is 25.8 Å². The van der Waals surface area contributed by atoms with Gasteiger partial charge in [0.15, 0.2) is 0 Å². The van der Waals surface area contributed by atoms with Crippen molar-refractivity contribution in [3.05, 3.63) is 0 Å². The van der Waals surface area contributed by atoms with E-state index in [1.54, 1.807) is 0 Å². The molecule has 4 heteroatoms. The smallest absolute Gasteiger partial charge is 0.0926 e. The molecule has 2 fully saturated rings. The van der Waals surface area contributed by atoms with Gasteiger partial charge in [0.25, 0.3) is 0 Å². The molecule has 0 aromatic carbocycles. The van der Waals surface area contributed by atoms with Crippen molar-refractivity contribution >= 4 is 0 Å². The molecule has 2 aliphatic rings. The van der Waals surface area contributed by atoms with Crippen LogP contribution in [-0.2, 0) is 0 Å². The Morgan fingerprint density at radius 1 is 1.27 bits per heavy atom. The van der Waals surface area contributed by atoms with E-state index in [-0.39, 0.29) is 5.92 Å². The Balaban J connectivity index is 1.95. The van der Waals surface area contributed by atoms with Crippen LogP contribution < -0.4 is 11.1 Å². The SMILES string of the molecule is NCCC1CCC2NCC(O)C(O)C2C1. The van der Waals surface area contributed by atoms with Crippen LogP contribution in [0.1, 0.15) is 25.7 Å². The first-order chi connectivity index (χ1) is 7.22. The van der Waals surface area contributed by atoms with Crippen molar-refractivity contribution in [3.8, 4) is 0 Å². The lowest BCUT2D eigenvalue weighted by molar-refractivity contribution is -0.0692. The average Bonchev–Trinajstić information content (AvgIpc) is 2.25. The van der Waals surface area contributed by atoms with Crippen LogP contribution in [0.2, 0.25) is 0 Å². The number of nitrogens with one attached hydrogen (secondary N) is 1. The zero-order valence-electron chi connectivity index (χ0n) is 9.10. The maximum atomic E-state index is 9.94. The summed E-state index contributed by atoms with van der Waals surface area (Å²) in [6, 6.07) is 0.400. The maximum absolute atomic E-state index is 9.94. The van der Waals surface area contributed by atoms with Gasteiger partial charge < -0.3 is 21.3 Å². The molecule has 5 atom stereocenters. The van der Waals surface area contributed by atoms with E-state index < -0.39 is 12.2 Å². The van der Waals surface area contributed by atoms with E-state index in [1.165, 1.54) is 6.42 Å². The molecule has 2 rings (SSSR count). The predicted octanol–water partition coefficient (Wildman–Crippen LogP) is -0.555. The van der Waals surface area contributed by atoms with Gasteiger partial charge in [-0.2, -0.15) is 0 Å². The molecule has 1 heterocycles. The van der Waals surface area contributed by atoms with Gasteiger partial charge in [-0.3, -0.25) is 0 Å². The number of hydrogen-bond acceptors (Lipinski definition) is 4. The number of aliphatic hydroxyl groups is 2. The van der Waals surface area contributed by atoms with Crippen LogP contribution in [0.4, 0.5) is 0 Å². The summed E-state index contributed by atoms with van der Waals surface area (Å²) >= 11 is 0. The van der Waals surface area contributed by atoms with Crippen molar-refractivity contribution in [2.24, 2.45) is 17.6 Å². The fourth-order valence-corrected chi connectivity index (χ4v) is 3.10. The van der Waals surface area contributed by atoms with Crippen molar-refractivity contribution in [1.29, 1.82) is 0 Å². The van der Waals surface area contributed by atoms with E-state index in [0.29, 0.717) is 18.5 Å². The van der Waals surface area contributed by atoms with Gasteiger partial charge >= 0.3 is 0 Å². The minimum absolute atomic E-state index is 0.221. The van der Waals surface area contributed by atoms with E-state index in [1.807, 2.05) is 0 Å². The Morgan fingerprint density at radius 2 is 2.07 bits per heavy atom. The average molecular weight is 214 g/mol. The highest BCUT2D eigenvalue weighted by Gasteiger charge is 2.40. The summed E-state index contributed by atoms with van der Waals surface area (Å²) in [5.74, 6) is 0.858. The fourth-order valence-electron chi connectivity index (χ4n) is 3.10. The van der Waals surface area contributed by atoms with Gasteiger partial charge in [-0.15, -0.1) is 0 Å². The molecule has 0 aromatic rings. The molecule has 1 aliphatic carbocycles. The van der Waals surface area contributed by atoms with Crippen LogP contribution >= 0.6 is 0 Å². The Labute approximate surface area is 90.9 Å². The van der Waals surface area contributed by atoms with E-state index in [4.69, 9.17) is 5.73 Å². The van der Waals surface area contributed by atoms with Crippen molar-refractivity contribution < 1.29 is 10.2 Å². The standard InChI is InChI=1S/C11H22N2O2/c12-4-3-7-1-2-9-8(5-7)11(15)10(14)6-13-9/h7-11,13-15H,1-6,12H2. The molecule has 88 valence electrons. The largest absolute Gasteiger partial charge is 0.390 e. The first kappa shape index (κ1) is 11.3. The second-order valence-electron chi connectivity index (χ2n) is 4.99. The molecule has 0 amide bonds. The lowest BCUT2D eigenvalue weighted by Crippen LogP contribution is -2.58. The van der Waals surface area contributed by atoms with Crippen LogP contribution in [-0.4, -0.2) is 41.6 Å². The molecule has 5 unspecified atom stereocenters. The van der Waals surface area contributed by atoms with E-state index in [9.17, 15) is 10.2 Å². The van der Waals surface area contributed by atoms with Crippen LogP contribution in [0.5, 0.6) is 0 Å². The monoisotopic (exact) mass is 214 g/mol. The van der Waals surface area contributed by atoms with Gasteiger partial charge in [0.2, 0.25) is 0 Å². The summed E-state index contributed by atoms with van der Waals surface area (Å²) < 4.78 is 0. The second-order valence-corrected chi connectivity index (χ2v) is 4.99. The third kappa shape index (κ3) is 2.33. The van der Waals surface area contributed by atoms with Crippen LogP contribution in [0, 0.1) is 11.8 Å². The molecule has 0 bridgehead atoms. The number of aliphatic hydroxyl groups excluding tert-OH is 2. The number of nitrogens with two attached hydrogens (primary N) is 1. The summed E-state index contributed by atoms with van der Waals surface area (Å²) in [5.41, 5.74) is 5.56. The number of β-amino-alcohol motifs (C(OH)–C–C–N with tert-alkyl or cyclic N) is 1. The number of fused-ring (bicyclic) bond motifs is 1. The van der Waals surface area contributed by atoms with Crippen LogP contribution in [0.15, 0.2) is 0 Å². The molecular formula is C11H22N2O2. The molecular weight excluding hydrogens is 192 g/mol. The molecule has 0 radical (unpaired) electrons. The van der Waals surface area contributed by atoms with E-state index in [2.05, 4.69) is 5.32 Å². The molecule has 1 aliphatic heterocycles. The van der Waals surface area contributed by atoms with Gasteiger partial charge in [0.05, 0.1) is 12.2 Å². The maximum Gasteiger partial charge on any atom is 0.0926 e. The molecule has 0 spiro atoms. The molecule has 1 saturated carbocycles. The summed E-state index contributed by atoms with van der Waals surface area (Å²) in [6.07, 6.45) is 3.23. The third-order valence-electron chi connectivity index (χ3n) is 4.01. The molecule has 1 saturated heterocycles. The van der Waals surface area contributed by atoms with Crippen molar-refractivity contribution in [3.63, 3.8) is 0 Å². The van der Waals surface area contributed by atoms with Crippen molar-refractivity contribution in [2.75, 3.05) is 13.1 Å². The third-order valence-corrected chi connectivity index (χ3v) is 4.01. The Bertz CT molecular complexity index is 211. The van der Waals surface area contributed by atoms with Crippen molar-refractivity contribution in [1.82, 2.24) is 5.32 Å². The minimum Gasteiger partial charge on any atom is -0.390 e. The fraction of sp³-hybridized carbons (Fsp3) is 1.00. The lowest BCUT2D eigenvalue weighted by atomic mass is 9.71. The number of rotatable bonds is 2. The number of hydrogen-bond donors (Lipinski definition) is 4. The zero-order chi connectivity index (χ0) is 10.8. The minimum atomic E-state index is -0.595. The Kier molecular flexibility index (Phi) is 3.61. The van der Waals surface area contributed by atoms with Gasteiger partial charge in [0, 0.05) is 18.5 Å². The molecule has 5 N–H and O–H groups in total. The van der Waals surface area contributed by atoms with Gasteiger partial charge in [0.1, 0.15) is 0 Å². The molecule has 4 nitrogen and oxygen atoms in total. The highest BCUT2D eigenvalue weighted by Crippen LogP contribution is 2.35. The normalized spacial score (nSPS) is 46.2.